The first-order chi connectivity index (χ1) is 7.36. The molecule has 0 spiro atoms. The minimum atomic E-state index is -0.362. The molecule has 15 heavy (non-hydrogen) atoms. The SMILES string of the molecule is O=C(NCc1nccs1)C1CNCCO1. The summed E-state index contributed by atoms with van der Waals surface area (Å²) < 4.78 is 5.32. The molecule has 0 radical (unpaired) electrons. The second-order valence-corrected chi connectivity index (χ2v) is 4.19. The molecule has 2 N–H and O–H groups in total. The van der Waals surface area contributed by atoms with E-state index in [2.05, 4.69) is 15.6 Å². The third-order valence-corrected chi connectivity index (χ3v) is 2.90. The lowest BCUT2D eigenvalue weighted by Gasteiger charge is -2.22. The minimum absolute atomic E-state index is 0.0719. The number of nitrogens with one attached hydrogen (secondary N) is 2. The van der Waals surface area contributed by atoms with Crippen molar-refractivity contribution in [3.63, 3.8) is 0 Å². The molecule has 1 aromatic heterocycles. The number of rotatable bonds is 3. The Balaban J connectivity index is 1.76. The van der Waals surface area contributed by atoms with Gasteiger partial charge in [0, 0.05) is 24.7 Å². The van der Waals surface area contributed by atoms with E-state index in [9.17, 15) is 4.79 Å². The van der Waals surface area contributed by atoms with Crippen molar-refractivity contribution in [1.82, 2.24) is 15.6 Å². The average molecular weight is 227 g/mol. The van der Waals surface area contributed by atoms with E-state index in [1.807, 2.05) is 5.38 Å². The van der Waals surface area contributed by atoms with Crippen LogP contribution in [0, 0.1) is 0 Å². The second-order valence-electron chi connectivity index (χ2n) is 3.21. The zero-order valence-corrected chi connectivity index (χ0v) is 9.05. The van der Waals surface area contributed by atoms with Gasteiger partial charge in [-0.1, -0.05) is 0 Å². The zero-order valence-electron chi connectivity index (χ0n) is 8.23. The molecule has 1 fully saturated rings. The van der Waals surface area contributed by atoms with Gasteiger partial charge >= 0.3 is 0 Å². The molecule has 1 saturated heterocycles. The van der Waals surface area contributed by atoms with Crippen LogP contribution in [-0.2, 0) is 16.1 Å². The first-order valence-corrected chi connectivity index (χ1v) is 5.72. The van der Waals surface area contributed by atoms with Gasteiger partial charge in [0.1, 0.15) is 11.1 Å². The van der Waals surface area contributed by atoms with E-state index in [1.54, 1.807) is 6.20 Å². The highest BCUT2D eigenvalue weighted by molar-refractivity contribution is 7.09. The van der Waals surface area contributed by atoms with Crippen LogP contribution in [0.5, 0.6) is 0 Å². The standard InChI is InChI=1S/C9H13N3O2S/c13-9(7-5-10-1-3-14-7)12-6-8-11-2-4-15-8/h2,4,7,10H,1,3,5-6H2,(H,12,13). The van der Waals surface area contributed by atoms with Gasteiger partial charge < -0.3 is 15.4 Å². The van der Waals surface area contributed by atoms with Crippen molar-refractivity contribution in [2.24, 2.45) is 0 Å². The summed E-state index contributed by atoms with van der Waals surface area (Å²) in [7, 11) is 0. The molecule has 1 aliphatic heterocycles. The Morgan fingerprint density at radius 3 is 3.40 bits per heavy atom. The van der Waals surface area contributed by atoms with Crippen LogP contribution >= 0.6 is 11.3 Å². The Bertz CT molecular complexity index is 309. The van der Waals surface area contributed by atoms with Crippen LogP contribution in [0.4, 0.5) is 0 Å². The second kappa shape index (κ2) is 5.20. The maximum atomic E-state index is 11.6. The van der Waals surface area contributed by atoms with Crippen LogP contribution < -0.4 is 10.6 Å². The van der Waals surface area contributed by atoms with Gasteiger partial charge in [-0.3, -0.25) is 4.79 Å². The predicted molar refractivity (Wildman–Crippen MR) is 56.6 cm³/mol. The summed E-state index contributed by atoms with van der Waals surface area (Å²) in [6.45, 7) is 2.48. The van der Waals surface area contributed by atoms with E-state index in [1.165, 1.54) is 11.3 Å². The highest BCUT2D eigenvalue weighted by Crippen LogP contribution is 2.03. The summed E-state index contributed by atoms with van der Waals surface area (Å²) in [6, 6.07) is 0. The summed E-state index contributed by atoms with van der Waals surface area (Å²) in [4.78, 5) is 15.7. The minimum Gasteiger partial charge on any atom is -0.366 e. The van der Waals surface area contributed by atoms with Gasteiger partial charge in [-0.05, 0) is 0 Å². The first-order valence-electron chi connectivity index (χ1n) is 4.84. The van der Waals surface area contributed by atoms with Crippen LogP contribution in [0.15, 0.2) is 11.6 Å². The van der Waals surface area contributed by atoms with Crippen LogP contribution in [0.2, 0.25) is 0 Å². The molecule has 6 heteroatoms. The Hall–Kier alpha value is -0.980. The molecule has 0 saturated carbocycles. The topological polar surface area (TPSA) is 63.2 Å². The Kier molecular flexibility index (Phi) is 3.65. The summed E-state index contributed by atoms with van der Waals surface area (Å²) in [5.41, 5.74) is 0. The van der Waals surface area contributed by atoms with Gasteiger partial charge in [0.15, 0.2) is 0 Å². The van der Waals surface area contributed by atoms with Gasteiger partial charge in [0.2, 0.25) is 0 Å². The van der Waals surface area contributed by atoms with Crippen molar-refractivity contribution in [3.8, 4) is 0 Å². The fraction of sp³-hybridized carbons (Fsp3) is 0.556. The van der Waals surface area contributed by atoms with Gasteiger partial charge in [-0.25, -0.2) is 4.98 Å². The number of hydrogen-bond donors (Lipinski definition) is 2. The summed E-state index contributed by atoms with van der Waals surface area (Å²) >= 11 is 1.53. The number of morpholine rings is 1. The molecule has 5 nitrogen and oxygen atoms in total. The van der Waals surface area contributed by atoms with Gasteiger partial charge in [-0.2, -0.15) is 0 Å². The summed E-state index contributed by atoms with van der Waals surface area (Å²) in [5.74, 6) is -0.0719. The number of hydrogen-bond acceptors (Lipinski definition) is 5. The molecule has 1 amide bonds. The molecular formula is C9H13N3O2S. The van der Waals surface area contributed by atoms with Crippen molar-refractivity contribution in [3.05, 3.63) is 16.6 Å². The highest BCUT2D eigenvalue weighted by Gasteiger charge is 2.21. The van der Waals surface area contributed by atoms with Crippen molar-refractivity contribution >= 4 is 17.2 Å². The predicted octanol–water partition coefficient (Wildman–Crippen LogP) is -0.252. The Labute approximate surface area is 91.9 Å². The maximum Gasteiger partial charge on any atom is 0.250 e. The fourth-order valence-electron chi connectivity index (χ4n) is 1.35. The third-order valence-electron chi connectivity index (χ3n) is 2.12. The number of aromatic nitrogens is 1. The number of carbonyl (C=O) groups is 1. The molecule has 0 aromatic carbocycles. The van der Waals surface area contributed by atoms with Crippen LogP contribution in [0.3, 0.4) is 0 Å². The molecular weight excluding hydrogens is 214 g/mol. The first kappa shape index (κ1) is 10.5. The summed E-state index contributed by atoms with van der Waals surface area (Å²) in [6.07, 6.45) is 1.36. The average Bonchev–Trinajstić information content (AvgIpc) is 2.80. The van der Waals surface area contributed by atoms with Gasteiger partial charge in [0.25, 0.3) is 5.91 Å². The monoisotopic (exact) mass is 227 g/mol. The lowest BCUT2D eigenvalue weighted by atomic mass is 10.3. The van der Waals surface area contributed by atoms with Crippen molar-refractivity contribution in [2.45, 2.75) is 12.6 Å². The largest absolute Gasteiger partial charge is 0.366 e. The van der Waals surface area contributed by atoms with Crippen molar-refractivity contribution in [1.29, 1.82) is 0 Å². The van der Waals surface area contributed by atoms with E-state index < -0.39 is 0 Å². The number of ether oxygens (including phenoxy) is 1. The van der Waals surface area contributed by atoms with Crippen molar-refractivity contribution < 1.29 is 9.53 Å². The Morgan fingerprint density at radius 1 is 1.80 bits per heavy atom. The normalized spacial score (nSPS) is 21.2. The molecule has 2 heterocycles. The van der Waals surface area contributed by atoms with Gasteiger partial charge in [-0.15, -0.1) is 11.3 Å². The third kappa shape index (κ3) is 2.98. The number of carbonyl (C=O) groups excluding carboxylic acids is 1. The van der Waals surface area contributed by atoms with E-state index in [0.717, 1.165) is 11.6 Å². The van der Waals surface area contributed by atoms with E-state index >= 15 is 0 Å². The summed E-state index contributed by atoms with van der Waals surface area (Å²) in [5, 5.41) is 8.71. The smallest absolute Gasteiger partial charge is 0.250 e. The molecule has 1 unspecified atom stereocenters. The number of amides is 1. The highest BCUT2D eigenvalue weighted by atomic mass is 32.1. The zero-order chi connectivity index (χ0) is 10.5. The van der Waals surface area contributed by atoms with E-state index in [-0.39, 0.29) is 12.0 Å². The van der Waals surface area contributed by atoms with E-state index in [0.29, 0.717) is 19.7 Å². The molecule has 0 bridgehead atoms. The lowest BCUT2D eigenvalue weighted by Crippen LogP contribution is -2.47. The molecule has 82 valence electrons. The van der Waals surface area contributed by atoms with Crippen molar-refractivity contribution in [2.75, 3.05) is 19.7 Å². The quantitative estimate of drug-likeness (QED) is 0.747. The van der Waals surface area contributed by atoms with Crippen LogP contribution in [-0.4, -0.2) is 36.7 Å². The number of thiazole rings is 1. The maximum absolute atomic E-state index is 11.6. The number of nitrogens with zero attached hydrogens (tertiary/aromatic N) is 1. The molecule has 2 rings (SSSR count). The fourth-order valence-corrected chi connectivity index (χ4v) is 1.91. The van der Waals surface area contributed by atoms with Crippen LogP contribution in [0.1, 0.15) is 5.01 Å². The van der Waals surface area contributed by atoms with E-state index in [4.69, 9.17) is 4.74 Å². The molecule has 1 atom stereocenters. The van der Waals surface area contributed by atoms with Gasteiger partial charge in [0.05, 0.1) is 13.2 Å². The molecule has 0 aliphatic carbocycles. The lowest BCUT2D eigenvalue weighted by molar-refractivity contribution is -0.134. The molecule has 1 aliphatic rings. The molecule has 1 aromatic rings. The van der Waals surface area contributed by atoms with Crippen LogP contribution in [0.25, 0.3) is 0 Å². The Morgan fingerprint density at radius 2 is 2.73 bits per heavy atom.